The minimum Gasteiger partial charge on any atom is -0.496 e. The van der Waals surface area contributed by atoms with E-state index in [2.05, 4.69) is 39.2 Å². The molecule has 0 aliphatic carbocycles. The molecular formula is C13H22N2O. The minimum atomic E-state index is 0.0375. The zero-order valence-corrected chi connectivity index (χ0v) is 10.8. The second-order valence-electron chi connectivity index (χ2n) is 5.21. The number of hydrazine groups is 1. The first-order valence-corrected chi connectivity index (χ1v) is 5.51. The summed E-state index contributed by atoms with van der Waals surface area (Å²) in [5, 5.41) is 0. The van der Waals surface area contributed by atoms with Crippen LogP contribution in [0.4, 0.5) is 0 Å². The number of benzene rings is 1. The van der Waals surface area contributed by atoms with Gasteiger partial charge in [-0.1, -0.05) is 38.5 Å². The number of ether oxygens (including phenoxy) is 1. The largest absolute Gasteiger partial charge is 0.496 e. The summed E-state index contributed by atoms with van der Waals surface area (Å²) in [6, 6.07) is 6.22. The molecule has 1 aromatic rings. The van der Waals surface area contributed by atoms with Crippen LogP contribution in [-0.2, 0) is 0 Å². The quantitative estimate of drug-likeness (QED) is 0.610. The summed E-state index contributed by atoms with van der Waals surface area (Å²) >= 11 is 0. The molecule has 0 spiro atoms. The highest BCUT2D eigenvalue weighted by Crippen LogP contribution is 2.37. The van der Waals surface area contributed by atoms with Gasteiger partial charge in [0.25, 0.3) is 0 Å². The van der Waals surface area contributed by atoms with Crippen molar-refractivity contribution in [3.8, 4) is 5.75 Å². The van der Waals surface area contributed by atoms with E-state index in [1.54, 1.807) is 7.11 Å². The van der Waals surface area contributed by atoms with Crippen LogP contribution in [0, 0.1) is 12.3 Å². The van der Waals surface area contributed by atoms with Crippen LogP contribution in [0.5, 0.6) is 5.75 Å². The summed E-state index contributed by atoms with van der Waals surface area (Å²) in [7, 11) is 1.68. The molecule has 0 bridgehead atoms. The van der Waals surface area contributed by atoms with Gasteiger partial charge in [-0.25, -0.2) is 0 Å². The van der Waals surface area contributed by atoms with Gasteiger partial charge in [0.2, 0.25) is 0 Å². The standard InChI is InChI=1S/C13H22N2O/c1-9-6-7-11(16-5)10(8-9)12(15-14)13(2,3)4/h6-8,12,15H,14H2,1-5H3. The molecule has 0 heterocycles. The van der Waals surface area contributed by atoms with Gasteiger partial charge in [-0.05, 0) is 18.4 Å². The van der Waals surface area contributed by atoms with Crippen LogP contribution in [0.15, 0.2) is 18.2 Å². The highest BCUT2D eigenvalue weighted by Gasteiger charge is 2.27. The van der Waals surface area contributed by atoms with Crippen LogP contribution in [0.1, 0.15) is 37.9 Å². The average molecular weight is 222 g/mol. The number of hydrogen-bond acceptors (Lipinski definition) is 3. The normalized spacial score (nSPS) is 13.6. The van der Waals surface area contributed by atoms with Gasteiger partial charge in [-0.15, -0.1) is 0 Å². The fourth-order valence-electron chi connectivity index (χ4n) is 1.89. The van der Waals surface area contributed by atoms with Crippen LogP contribution >= 0.6 is 0 Å². The van der Waals surface area contributed by atoms with Gasteiger partial charge in [-0.2, -0.15) is 0 Å². The lowest BCUT2D eigenvalue weighted by Gasteiger charge is -2.31. The molecule has 0 saturated carbocycles. The van der Waals surface area contributed by atoms with Crippen molar-refractivity contribution in [1.29, 1.82) is 0 Å². The number of hydrogen-bond donors (Lipinski definition) is 2. The van der Waals surface area contributed by atoms with Crippen molar-refractivity contribution in [2.75, 3.05) is 7.11 Å². The van der Waals surface area contributed by atoms with Crippen molar-refractivity contribution in [2.24, 2.45) is 11.3 Å². The van der Waals surface area contributed by atoms with E-state index in [4.69, 9.17) is 10.6 Å². The Labute approximate surface area is 98.0 Å². The smallest absolute Gasteiger partial charge is 0.123 e. The van der Waals surface area contributed by atoms with Gasteiger partial charge in [0, 0.05) is 5.56 Å². The molecule has 0 fully saturated rings. The highest BCUT2D eigenvalue weighted by molar-refractivity contribution is 5.39. The summed E-state index contributed by atoms with van der Waals surface area (Å²) in [5.41, 5.74) is 5.24. The average Bonchev–Trinajstić information content (AvgIpc) is 2.17. The zero-order valence-electron chi connectivity index (χ0n) is 10.8. The lowest BCUT2D eigenvalue weighted by Crippen LogP contribution is -2.37. The van der Waals surface area contributed by atoms with Crippen LogP contribution in [-0.4, -0.2) is 7.11 Å². The van der Waals surface area contributed by atoms with Crippen LogP contribution in [0.25, 0.3) is 0 Å². The predicted molar refractivity (Wildman–Crippen MR) is 67.3 cm³/mol. The first kappa shape index (κ1) is 13.0. The summed E-state index contributed by atoms with van der Waals surface area (Å²) in [6.45, 7) is 8.52. The van der Waals surface area contributed by atoms with E-state index in [-0.39, 0.29) is 11.5 Å². The second-order valence-corrected chi connectivity index (χ2v) is 5.21. The molecule has 0 aromatic heterocycles. The van der Waals surface area contributed by atoms with Crippen molar-refractivity contribution in [3.63, 3.8) is 0 Å². The lowest BCUT2D eigenvalue weighted by molar-refractivity contribution is 0.267. The summed E-state index contributed by atoms with van der Waals surface area (Å²) in [5.74, 6) is 6.54. The third-order valence-corrected chi connectivity index (χ3v) is 2.73. The maximum absolute atomic E-state index is 5.66. The van der Waals surface area contributed by atoms with E-state index in [9.17, 15) is 0 Å². The summed E-state index contributed by atoms with van der Waals surface area (Å²) in [4.78, 5) is 0. The Bertz CT molecular complexity index is 355. The third-order valence-electron chi connectivity index (χ3n) is 2.73. The number of aryl methyl sites for hydroxylation is 1. The van der Waals surface area contributed by atoms with E-state index in [1.807, 2.05) is 12.1 Å². The van der Waals surface area contributed by atoms with Crippen LogP contribution in [0.3, 0.4) is 0 Å². The maximum atomic E-state index is 5.66. The Morgan fingerprint density at radius 1 is 1.31 bits per heavy atom. The van der Waals surface area contributed by atoms with Gasteiger partial charge in [0.1, 0.15) is 5.75 Å². The van der Waals surface area contributed by atoms with E-state index in [0.29, 0.717) is 0 Å². The fourth-order valence-corrected chi connectivity index (χ4v) is 1.89. The molecule has 90 valence electrons. The first-order valence-electron chi connectivity index (χ1n) is 5.51. The number of nitrogens with two attached hydrogens (primary N) is 1. The van der Waals surface area contributed by atoms with Gasteiger partial charge >= 0.3 is 0 Å². The molecule has 0 aliphatic heterocycles. The topological polar surface area (TPSA) is 47.3 Å². The van der Waals surface area contributed by atoms with Crippen molar-refractivity contribution in [1.82, 2.24) is 5.43 Å². The number of nitrogens with one attached hydrogen (secondary N) is 1. The molecule has 0 amide bonds. The Morgan fingerprint density at radius 3 is 2.38 bits per heavy atom. The molecule has 0 aliphatic rings. The molecular weight excluding hydrogens is 200 g/mol. The van der Waals surface area contributed by atoms with E-state index < -0.39 is 0 Å². The Balaban J connectivity index is 3.23. The van der Waals surface area contributed by atoms with Crippen molar-refractivity contribution >= 4 is 0 Å². The molecule has 1 unspecified atom stereocenters. The molecule has 3 N–H and O–H groups in total. The molecule has 1 atom stereocenters. The van der Waals surface area contributed by atoms with E-state index in [1.165, 1.54) is 5.56 Å². The van der Waals surface area contributed by atoms with Gasteiger partial charge in [0.15, 0.2) is 0 Å². The lowest BCUT2D eigenvalue weighted by atomic mass is 9.82. The molecule has 16 heavy (non-hydrogen) atoms. The van der Waals surface area contributed by atoms with E-state index >= 15 is 0 Å². The molecule has 1 aromatic carbocycles. The fraction of sp³-hybridized carbons (Fsp3) is 0.538. The summed E-state index contributed by atoms with van der Waals surface area (Å²) in [6.07, 6.45) is 0. The molecule has 0 saturated heterocycles. The Morgan fingerprint density at radius 2 is 1.94 bits per heavy atom. The number of rotatable bonds is 3. The maximum Gasteiger partial charge on any atom is 0.123 e. The van der Waals surface area contributed by atoms with Crippen LogP contribution < -0.4 is 16.0 Å². The van der Waals surface area contributed by atoms with Gasteiger partial charge in [-0.3, -0.25) is 11.3 Å². The first-order chi connectivity index (χ1) is 7.40. The monoisotopic (exact) mass is 222 g/mol. The molecule has 0 radical (unpaired) electrons. The molecule has 3 heteroatoms. The summed E-state index contributed by atoms with van der Waals surface area (Å²) < 4.78 is 5.38. The highest BCUT2D eigenvalue weighted by atomic mass is 16.5. The second kappa shape index (κ2) is 4.85. The van der Waals surface area contributed by atoms with E-state index in [0.717, 1.165) is 11.3 Å². The van der Waals surface area contributed by atoms with Crippen molar-refractivity contribution in [2.45, 2.75) is 33.7 Å². The predicted octanol–water partition coefficient (Wildman–Crippen LogP) is 2.55. The van der Waals surface area contributed by atoms with Crippen molar-refractivity contribution in [3.05, 3.63) is 29.3 Å². The van der Waals surface area contributed by atoms with Crippen LogP contribution in [0.2, 0.25) is 0 Å². The molecule has 1 rings (SSSR count). The minimum absolute atomic E-state index is 0.0375. The zero-order chi connectivity index (χ0) is 12.3. The number of methoxy groups -OCH3 is 1. The SMILES string of the molecule is COc1ccc(C)cc1C(NN)C(C)(C)C. The third kappa shape index (κ3) is 2.74. The van der Waals surface area contributed by atoms with Gasteiger partial charge in [0.05, 0.1) is 13.2 Å². The molecule has 3 nitrogen and oxygen atoms in total. The Kier molecular flexibility index (Phi) is 3.94. The van der Waals surface area contributed by atoms with Crippen molar-refractivity contribution < 1.29 is 4.74 Å². The van der Waals surface area contributed by atoms with Gasteiger partial charge < -0.3 is 4.74 Å². The Hall–Kier alpha value is -1.06.